The summed E-state index contributed by atoms with van der Waals surface area (Å²) in [6, 6.07) is 17.2. The minimum Gasteiger partial charge on any atom is -0.460 e. The zero-order valence-corrected chi connectivity index (χ0v) is 25.3. The Labute approximate surface area is 262 Å². The summed E-state index contributed by atoms with van der Waals surface area (Å²) in [4.78, 5) is 58.6. The number of aliphatic hydroxyl groups is 1. The summed E-state index contributed by atoms with van der Waals surface area (Å²) in [5.74, 6) is -3.62. The van der Waals surface area contributed by atoms with Crippen LogP contribution in [0.1, 0.15) is 30.9 Å². The summed E-state index contributed by atoms with van der Waals surface area (Å²) < 4.78 is 12.5. The summed E-state index contributed by atoms with van der Waals surface area (Å²) in [5.41, 5.74) is 0.360. The number of amides is 3. The van der Waals surface area contributed by atoms with Crippen LogP contribution in [0.4, 0.5) is 0 Å². The normalized spacial score (nSPS) is 31.5. The van der Waals surface area contributed by atoms with Crippen LogP contribution in [0.5, 0.6) is 0 Å². The molecule has 0 bridgehead atoms. The number of esters is 1. The van der Waals surface area contributed by atoms with Gasteiger partial charge in [0.05, 0.1) is 31.2 Å². The molecule has 0 radical (unpaired) electrons. The van der Waals surface area contributed by atoms with E-state index in [9.17, 15) is 24.3 Å². The molecule has 4 aliphatic rings. The topological polar surface area (TPSA) is 125 Å². The summed E-state index contributed by atoms with van der Waals surface area (Å²) in [6.07, 6.45) is 6.60. The Balaban J connectivity index is 1.43. The second-order valence-electron chi connectivity index (χ2n) is 12.2. The third-order valence-electron chi connectivity index (χ3n) is 9.19. The third kappa shape index (κ3) is 5.92. The summed E-state index contributed by atoms with van der Waals surface area (Å²) in [5, 5.41) is 13.5. The van der Waals surface area contributed by atoms with Gasteiger partial charge >= 0.3 is 5.97 Å². The highest BCUT2D eigenvalue weighted by Gasteiger charge is 2.72. The molecule has 2 fully saturated rings. The lowest BCUT2D eigenvalue weighted by Crippen LogP contribution is -2.58. The number of carbonyl (C=O) groups excluding carboxylic acids is 4. The maximum absolute atomic E-state index is 14.7. The van der Waals surface area contributed by atoms with Crippen LogP contribution in [-0.2, 0) is 41.6 Å². The number of nitrogens with zero attached hydrogens (tertiary/aromatic N) is 2. The molecular weight excluding hydrogens is 574 g/mol. The molecule has 2 aromatic carbocycles. The van der Waals surface area contributed by atoms with Gasteiger partial charge in [-0.05, 0) is 30.9 Å². The van der Waals surface area contributed by atoms with Crippen LogP contribution in [0.3, 0.4) is 0 Å². The Morgan fingerprint density at radius 2 is 1.69 bits per heavy atom. The Morgan fingerprint density at radius 1 is 0.978 bits per heavy atom. The van der Waals surface area contributed by atoms with Crippen molar-refractivity contribution in [1.29, 1.82) is 0 Å². The van der Waals surface area contributed by atoms with Crippen molar-refractivity contribution in [3.63, 3.8) is 0 Å². The minimum absolute atomic E-state index is 0.140. The van der Waals surface area contributed by atoms with Crippen LogP contribution in [0.2, 0.25) is 0 Å². The lowest BCUT2D eigenvalue weighted by Gasteiger charge is -2.38. The van der Waals surface area contributed by atoms with Crippen molar-refractivity contribution in [3.05, 3.63) is 96.1 Å². The predicted molar refractivity (Wildman–Crippen MR) is 164 cm³/mol. The van der Waals surface area contributed by atoms with Gasteiger partial charge < -0.3 is 29.7 Å². The largest absolute Gasteiger partial charge is 0.460 e. The van der Waals surface area contributed by atoms with Crippen LogP contribution in [0, 0.1) is 11.8 Å². The van der Waals surface area contributed by atoms with Crippen LogP contribution >= 0.6 is 0 Å². The second kappa shape index (κ2) is 13.0. The summed E-state index contributed by atoms with van der Waals surface area (Å²) >= 11 is 0. The summed E-state index contributed by atoms with van der Waals surface area (Å²) in [7, 11) is 0. The van der Waals surface area contributed by atoms with Gasteiger partial charge in [0.2, 0.25) is 17.7 Å². The van der Waals surface area contributed by atoms with Gasteiger partial charge in [0.15, 0.2) is 0 Å². The number of likely N-dealkylation sites (tertiary alicyclic amines) is 1. The van der Waals surface area contributed by atoms with Gasteiger partial charge in [-0.15, -0.1) is 0 Å². The number of carbonyl (C=O) groups is 4. The highest BCUT2D eigenvalue weighted by molar-refractivity contribution is 5.99. The molecule has 1 spiro atoms. The average Bonchev–Trinajstić information content (AvgIpc) is 3.44. The molecule has 0 unspecified atom stereocenters. The smallest absolute Gasteiger partial charge is 0.313 e. The maximum atomic E-state index is 14.7. The highest BCUT2D eigenvalue weighted by atomic mass is 16.6. The van der Waals surface area contributed by atoms with Gasteiger partial charge in [0.25, 0.3) is 0 Å². The molecule has 2 N–H and O–H groups in total. The molecule has 4 aliphatic heterocycles. The molecule has 2 saturated heterocycles. The van der Waals surface area contributed by atoms with Crippen LogP contribution in [0.15, 0.2) is 85.0 Å². The van der Waals surface area contributed by atoms with Crippen molar-refractivity contribution < 1.29 is 33.8 Å². The molecule has 0 saturated carbocycles. The van der Waals surface area contributed by atoms with E-state index in [1.54, 1.807) is 30.1 Å². The monoisotopic (exact) mass is 613 g/mol. The number of benzene rings is 2. The number of nitrogens with one attached hydrogen (secondary N) is 1. The quantitative estimate of drug-likeness (QED) is 0.378. The van der Waals surface area contributed by atoms with Gasteiger partial charge in [-0.3, -0.25) is 19.2 Å². The van der Waals surface area contributed by atoms with Crippen molar-refractivity contribution in [2.75, 3.05) is 19.7 Å². The third-order valence-corrected chi connectivity index (χ3v) is 9.19. The number of allylic oxidation sites excluding steroid dienone is 1. The molecular formula is C35H39N3O7. The van der Waals surface area contributed by atoms with E-state index in [0.29, 0.717) is 19.4 Å². The predicted octanol–water partition coefficient (Wildman–Crippen LogP) is 2.17. The SMILES string of the molecule is C[C@@H]1CNC(=O)CC/C=C\[C@H]2O[C@]34C=CCN(Cc5ccccc5)C(=O)[C@H]3N([C@@H](CO)Cc3ccccc3)C(=O)[C@@H]4[C@H]2C(=O)O1. The second-order valence-corrected chi connectivity index (χ2v) is 12.2. The fourth-order valence-electron chi connectivity index (χ4n) is 7.12. The van der Waals surface area contributed by atoms with Crippen molar-refractivity contribution in [3.8, 4) is 0 Å². The Morgan fingerprint density at radius 3 is 2.40 bits per heavy atom. The number of aliphatic hydroxyl groups excluding tert-OH is 1. The first-order valence-corrected chi connectivity index (χ1v) is 15.6. The fourth-order valence-corrected chi connectivity index (χ4v) is 7.12. The van der Waals surface area contributed by atoms with Gasteiger partial charge in [-0.25, -0.2) is 0 Å². The van der Waals surface area contributed by atoms with Gasteiger partial charge in [0.1, 0.15) is 23.7 Å². The molecule has 4 heterocycles. The molecule has 10 heteroatoms. The number of rotatable bonds is 6. The molecule has 6 rings (SSSR count). The van der Waals surface area contributed by atoms with Crippen LogP contribution in [0.25, 0.3) is 0 Å². The maximum Gasteiger partial charge on any atom is 0.313 e. The highest BCUT2D eigenvalue weighted by Crippen LogP contribution is 2.53. The molecule has 0 aromatic heterocycles. The zero-order chi connectivity index (χ0) is 31.6. The van der Waals surface area contributed by atoms with E-state index in [1.165, 1.54) is 4.90 Å². The lowest BCUT2D eigenvalue weighted by molar-refractivity contribution is -0.159. The van der Waals surface area contributed by atoms with E-state index in [-0.39, 0.29) is 37.9 Å². The molecule has 236 valence electrons. The summed E-state index contributed by atoms with van der Waals surface area (Å²) in [6.45, 7) is 2.04. The molecule has 7 atom stereocenters. The van der Waals surface area contributed by atoms with E-state index >= 15 is 0 Å². The van der Waals surface area contributed by atoms with Crippen molar-refractivity contribution in [2.45, 2.75) is 62.6 Å². The van der Waals surface area contributed by atoms with Crippen LogP contribution in [-0.4, -0.2) is 88.2 Å². The Bertz CT molecular complexity index is 1480. The van der Waals surface area contributed by atoms with E-state index in [1.807, 2.05) is 66.7 Å². The Kier molecular flexibility index (Phi) is 8.87. The molecule has 45 heavy (non-hydrogen) atoms. The number of fused-ring (bicyclic) bond motifs is 2. The average molecular weight is 614 g/mol. The standard InChI is InChI=1S/C35H39N3O7/c1-23-20-36-28(40)16-9-8-15-27-29(34(43)44-23)30-32(41)38(26(22-39)19-24-11-4-2-5-12-24)31-33(42)37(18-10-17-35(30,31)45-27)21-25-13-6-3-7-14-25/h2-8,10-15,17,23,26-27,29-31,39H,9,16,18-22H2,1H3,(H,36,40)/b15-8-/t23-,26-,27-,29+,30+,31-,35+/m1/s1. The fraction of sp³-hybridized carbons (Fsp3) is 0.429. The van der Waals surface area contributed by atoms with E-state index in [4.69, 9.17) is 9.47 Å². The van der Waals surface area contributed by atoms with Gasteiger partial charge in [0, 0.05) is 19.5 Å². The number of hydrogen-bond donors (Lipinski definition) is 2. The number of ether oxygens (including phenoxy) is 2. The number of hydrogen-bond acceptors (Lipinski definition) is 7. The van der Waals surface area contributed by atoms with E-state index in [0.717, 1.165) is 11.1 Å². The van der Waals surface area contributed by atoms with E-state index in [2.05, 4.69) is 5.32 Å². The zero-order valence-electron chi connectivity index (χ0n) is 25.3. The molecule has 2 aromatic rings. The first-order chi connectivity index (χ1) is 21.8. The molecule has 10 nitrogen and oxygen atoms in total. The van der Waals surface area contributed by atoms with Gasteiger partial charge in [-0.2, -0.15) is 0 Å². The van der Waals surface area contributed by atoms with Crippen LogP contribution < -0.4 is 5.32 Å². The molecule has 0 aliphatic carbocycles. The van der Waals surface area contributed by atoms with Crippen molar-refractivity contribution in [1.82, 2.24) is 15.1 Å². The van der Waals surface area contributed by atoms with Gasteiger partial charge in [-0.1, -0.05) is 85.0 Å². The molecule has 3 amide bonds. The number of cyclic esters (lactones) is 1. The first kappa shape index (κ1) is 30.7. The van der Waals surface area contributed by atoms with Crippen molar-refractivity contribution >= 4 is 23.7 Å². The minimum atomic E-state index is -1.47. The Hall–Kier alpha value is -4.28. The van der Waals surface area contributed by atoms with E-state index < -0.39 is 53.6 Å². The first-order valence-electron chi connectivity index (χ1n) is 15.6. The lowest BCUT2D eigenvalue weighted by atomic mass is 9.78. The van der Waals surface area contributed by atoms with Crippen molar-refractivity contribution in [2.24, 2.45) is 11.8 Å².